The highest BCUT2D eigenvalue weighted by atomic mass is 19.1. The molecule has 0 N–H and O–H groups in total. The molecule has 0 heterocycles. The molecule has 0 aromatic heterocycles. The van der Waals surface area contributed by atoms with Crippen LogP contribution in [-0.4, -0.2) is 5.67 Å². The fraction of sp³-hybridized carbons (Fsp3) is 0.615. The molecule has 0 aliphatic heterocycles. The Hall–Kier alpha value is -3.97. The number of alkyl halides is 1. The summed E-state index contributed by atoms with van der Waals surface area (Å²) in [5.41, 5.74) is 11.0. The maximum atomic E-state index is 13.0. The molecule has 6 saturated carbocycles. The van der Waals surface area contributed by atoms with Crippen molar-refractivity contribution in [3.63, 3.8) is 0 Å². The van der Waals surface area contributed by atoms with Crippen LogP contribution in [0.15, 0.2) is 140 Å². The van der Waals surface area contributed by atoms with E-state index in [9.17, 15) is 4.39 Å². The lowest BCUT2D eigenvalue weighted by molar-refractivity contribution is 0.0145. The smallest absolute Gasteiger partial charge is 0.113 e. The van der Waals surface area contributed by atoms with Crippen LogP contribution in [0.25, 0.3) is 11.1 Å². The molecule has 0 amide bonds. The monoisotopic (exact) mass is 1070 g/mol. The summed E-state index contributed by atoms with van der Waals surface area (Å²) in [6, 6.07) is 49.6. The number of hydrogen-bond acceptors (Lipinski definition) is 0. The van der Waals surface area contributed by atoms with E-state index in [-0.39, 0.29) is 11.3 Å². The summed E-state index contributed by atoms with van der Waals surface area (Å²) < 4.78 is 13.0. The van der Waals surface area contributed by atoms with Crippen molar-refractivity contribution in [1.82, 2.24) is 0 Å². The van der Waals surface area contributed by atoms with Gasteiger partial charge in [-0.25, -0.2) is 4.39 Å². The Kier molecular flexibility index (Phi) is 27.4. The second kappa shape index (κ2) is 32.0. The van der Waals surface area contributed by atoms with E-state index in [0.29, 0.717) is 5.92 Å². The molecule has 0 radical (unpaired) electrons. The summed E-state index contributed by atoms with van der Waals surface area (Å²) in [4.78, 5) is 0. The Morgan fingerprint density at radius 1 is 0.418 bits per heavy atom. The van der Waals surface area contributed by atoms with Gasteiger partial charge in [0.15, 0.2) is 0 Å². The van der Waals surface area contributed by atoms with Crippen LogP contribution in [0.5, 0.6) is 0 Å². The van der Waals surface area contributed by atoms with Crippen LogP contribution in [0.3, 0.4) is 0 Å². The molecule has 0 saturated heterocycles. The normalized spacial score (nSPS) is 20.9. The van der Waals surface area contributed by atoms with Gasteiger partial charge in [-0.1, -0.05) is 297 Å². The predicted octanol–water partition coefficient (Wildman–Crippen LogP) is 23.9. The average Bonchev–Trinajstić information content (AvgIpc) is 4.40. The zero-order valence-electron chi connectivity index (χ0n) is 54.4. The lowest BCUT2D eigenvalue weighted by atomic mass is 9.74. The minimum atomic E-state index is -0.778. The van der Waals surface area contributed by atoms with Gasteiger partial charge in [0.05, 0.1) is 0 Å². The molecule has 6 aliphatic carbocycles. The van der Waals surface area contributed by atoms with Crippen molar-refractivity contribution >= 4 is 0 Å². The van der Waals surface area contributed by atoms with Crippen molar-refractivity contribution < 1.29 is 4.39 Å². The molecule has 6 aliphatic rings. The van der Waals surface area contributed by atoms with Crippen molar-refractivity contribution in [2.24, 2.45) is 70.0 Å². The highest BCUT2D eigenvalue weighted by Gasteiger charge is 2.66. The van der Waals surface area contributed by atoms with Crippen molar-refractivity contribution in [2.45, 2.75) is 238 Å². The van der Waals surface area contributed by atoms with E-state index in [1.54, 1.807) is 0 Å². The van der Waals surface area contributed by atoms with E-state index in [0.717, 1.165) is 89.8 Å². The van der Waals surface area contributed by atoms with Gasteiger partial charge < -0.3 is 0 Å². The Bertz CT molecular complexity index is 2310. The molecule has 2 spiro atoms. The first-order chi connectivity index (χ1) is 37.2. The molecule has 5 aromatic rings. The van der Waals surface area contributed by atoms with Gasteiger partial charge in [0.25, 0.3) is 0 Å². The quantitative estimate of drug-likeness (QED) is 0.131. The molecule has 0 bridgehead atoms. The van der Waals surface area contributed by atoms with Crippen LogP contribution in [0.4, 0.5) is 4.39 Å². The first-order valence-corrected chi connectivity index (χ1v) is 32.3. The molecule has 1 heteroatoms. The first kappa shape index (κ1) is 67.5. The third-order valence-corrected chi connectivity index (χ3v) is 19.5. The summed E-state index contributed by atoms with van der Waals surface area (Å²) in [6.07, 6.45) is 18.4. The molecule has 6 fully saturated rings. The average molecular weight is 1080 g/mol. The van der Waals surface area contributed by atoms with Crippen molar-refractivity contribution in [1.29, 1.82) is 0 Å². The number of rotatable bonds is 10. The summed E-state index contributed by atoms with van der Waals surface area (Å²) in [5.74, 6) is 9.45. The van der Waals surface area contributed by atoms with Crippen molar-refractivity contribution in [3.8, 4) is 11.1 Å². The molecule has 79 heavy (non-hydrogen) atoms. The summed E-state index contributed by atoms with van der Waals surface area (Å²) >= 11 is 0. The van der Waals surface area contributed by atoms with E-state index < -0.39 is 5.67 Å². The number of hydrogen-bond donors (Lipinski definition) is 0. The van der Waals surface area contributed by atoms with Gasteiger partial charge in [0, 0.05) is 0 Å². The van der Waals surface area contributed by atoms with Gasteiger partial charge in [0.2, 0.25) is 0 Å². The Balaban J connectivity index is 0.000000198. The van der Waals surface area contributed by atoms with Crippen LogP contribution in [-0.2, 0) is 24.7 Å². The fourth-order valence-corrected chi connectivity index (χ4v) is 12.1. The van der Waals surface area contributed by atoms with E-state index in [2.05, 4.69) is 251 Å². The van der Waals surface area contributed by atoms with Crippen LogP contribution in [0, 0.1) is 70.0 Å². The van der Waals surface area contributed by atoms with Gasteiger partial charge in [-0.15, -0.1) is 0 Å². The lowest BCUT2D eigenvalue weighted by Crippen LogP contribution is -2.37. The molecular weight excluding hydrogens is 956 g/mol. The molecule has 438 valence electrons. The molecule has 4 unspecified atom stereocenters. The summed E-state index contributed by atoms with van der Waals surface area (Å²) in [5, 5.41) is 0. The zero-order valence-corrected chi connectivity index (χ0v) is 54.4. The summed E-state index contributed by atoms with van der Waals surface area (Å²) in [7, 11) is 0. The highest BCUT2D eigenvalue weighted by molar-refractivity contribution is 5.63. The third kappa shape index (κ3) is 22.4. The first-order valence-electron chi connectivity index (χ1n) is 32.3. The SMILES string of the molecule is CC(C)C1(F)CCC1.CC(C)C1CCC1.CC(C)Cc1ccc(-c2ccccc2)cc1.CC(C)Cc1ccc(C(C)(C)C)cc1.CC(C)Cc1ccccc1.CC(C)c1ccccc1.CC1C(C)C12CC2.CC1C(C)C12CCC2. The molecule has 4 atom stereocenters. The Labute approximate surface area is 488 Å². The fourth-order valence-electron chi connectivity index (χ4n) is 12.1. The summed E-state index contributed by atoms with van der Waals surface area (Å²) in [6.45, 7) is 42.8. The van der Waals surface area contributed by atoms with E-state index in [1.807, 2.05) is 19.9 Å². The van der Waals surface area contributed by atoms with E-state index in [4.69, 9.17) is 0 Å². The van der Waals surface area contributed by atoms with Crippen molar-refractivity contribution in [2.75, 3.05) is 0 Å². The van der Waals surface area contributed by atoms with Gasteiger partial charge in [-0.3, -0.25) is 0 Å². The largest absolute Gasteiger partial charge is 0.244 e. The van der Waals surface area contributed by atoms with Crippen molar-refractivity contribution in [3.05, 3.63) is 167 Å². The van der Waals surface area contributed by atoms with Crippen LogP contribution in [0.1, 0.15) is 236 Å². The van der Waals surface area contributed by atoms with Gasteiger partial charge in [-0.2, -0.15) is 0 Å². The maximum absolute atomic E-state index is 13.0. The number of benzene rings is 5. The van der Waals surface area contributed by atoms with Gasteiger partial charge in [0.1, 0.15) is 5.67 Å². The minimum absolute atomic E-state index is 0.233. The topological polar surface area (TPSA) is 0 Å². The third-order valence-electron chi connectivity index (χ3n) is 19.5. The molecule has 0 nitrogen and oxygen atoms in total. The molecule has 11 rings (SSSR count). The number of halogens is 1. The molecular formula is C78H119F. The van der Waals surface area contributed by atoms with Crippen LogP contribution < -0.4 is 0 Å². The lowest BCUT2D eigenvalue weighted by Gasteiger charge is -2.37. The molecule has 5 aromatic carbocycles. The second-order valence-electron chi connectivity index (χ2n) is 28.8. The Morgan fingerprint density at radius 3 is 0.987 bits per heavy atom. The van der Waals surface area contributed by atoms with E-state index in [1.165, 1.54) is 103 Å². The second-order valence-corrected chi connectivity index (χ2v) is 28.8. The minimum Gasteiger partial charge on any atom is -0.244 e. The van der Waals surface area contributed by atoms with Gasteiger partial charge in [-0.05, 0) is 184 Å². The highest BCUT2D eigenvalue weighted by Crippen LogP contribution is 2.74. The maximum Gasteiger partial charge on any atom is 0.113 e. The van der Waals surface area contributed by atoms with Crippen LogP contribution >= 0.6 is 0 Å². The predicted molar refractivity (Wildman–Crippen MR) is 349 cm³/mol. The van der Waals surface area contributed by atoms with Gasteiger partial charge >= 0.3 is 0 Å². The zero-order chi connectivity index (χ0) is 58.6. The Morgan fingerprint density at radius 2 is 0.772 bits per heavy atom. The standard InChI is InChI=1S/C16H18.C14H22.C10H14.C9H12.C8H14.C7H13F.C7H12.C7H14/c1-13(2)12-14-8-10-16(11-9-14)15-6-4-3-5-7-15;1-11(2)10-12-6-8-13(9-7-12)14(3,4)5;1-9(2)8-10-6-4-3-5-7-10;1-8(2)9-6-4-3-5-7-9;1-6-7(2)8(6)4-3-5-8;1-6(2)7(8)4-3-5-7;1-5-6(2)7(5)3-4-7;1-6(2)7-4-3-5-7/h3-11,13H,12H2,1-2H3;6-9,11H,10H2,1-5H3;3-7,9H,8H2,1-2H3;3-8H,1-2H3;6-7H,3-5H2,1-2H3;6H,3-5H2,1-2H3;5-6H,3-4H2,1-2H3;6-7H,3-5H2,1-2H3. The van der Waals surface area contributed by atoms with Crippen LogP contribution in [0.2, 0.25) is 0 Å². The van der Waals surface area contributed by atoms with E-state index >= 15 is 0 Å².